The second-order valence-electron chi connectivity index (χ2n) is 5.12. The quantitative estimate of drug-likeness (QED) is 0.897. The molecule has 1 fully saturated rings. The van der Waals surface area contributed by atoms with E-state index in [1.807, 2.05) is 34.5 Å². The minimum Gasteiger partial charge on any atom is -0.480 e. The van der Waals surface area contributed by atoms with Crippen molar-refractivity contribution in [1.29, 1.82) is 0 Å². The third-order valence-corrected chi connectivity index (χ3v) is 5.13. The fourth-order valence-corrected chi connectivity index (χ4v) is 3.69. The van der Waals surface area contributed by atoms with E-state index in [1.54, 1.807) is 11.3 Å². The van der Waals surface area contributed by atoms with Crippen LogP contribution in [0.25, 0.3) is 10.6 Å². The first-order valence-corrected chi connectivity index (χ1v) is 8.48. The normalized spacial score (nSPS) is 19.0. The number of carboxylic acids is 1. The fraction of sp³-hybridized carbons (Fsp3) is 0.333. The predicted octanol–water partition coefficient (Wildman–Crippen LogP) is 3.62. The van der Waals surface area contributed by atoms with Gasteiger partial charge in [-0.25, -0.2) is 4.98 Å². The van der Waals surface area contributed by atoms with Crippen molar-refractivity contribution in [3.05, 3.63) is 39.8 Å². The number of likely N-dealkylation sites (tertiary alicyclic amines) is 1. The zero-order valence-electron chi connectivity index (χ0n) is 11.3. The lowest BCUT2D eigenvalue weighted by molar-refractivity contribution is -0.142. The van der Waals surface area contributed by atoms with Gasteiger partial charge in [0.1, 0.15) is 11.0 Å². The lowest BCUT2D eigenvalue weighted by atomic mass is 10.2. The number of thiazole rings is 1. The molecule has 0 aliphatic carbocycles. The van der Waals surface area contributed by atoms with Crippen LogP contribution in [0.15, 0.2) is 34.1 Å². The van der Waals surface area contributed by atoms with Gasteiger partial charge in [-0.3, -0.25) is 9.69 Å². The average Bonchev–Trinajstić information content (AvgIpc) is 3.09. The Labute approximate surface area is 135 Å². The molecule has 0 amide bonds. The summed E-state index contributed by atoms with van der Waals surface area (Å²) in [6, 6.07) is 7.70. The zero-order chi connectivity index (χ0) is 14.8. The highest BCUT2D eigenvalue weighted by Gasteiger charge is 2.30. The molecule has 3 rings (SSSR count). The first-order valence-electron chi connectivity index (χ1n) is 6.80. The summed E-state index contributed by atoms with van der Waals surface area (Å²) in [6.07, 6.45) is 1.68. The summed E-state index contributed by atoms with van der Waals surface area (Å²) in [5.74, 6) is -0.726. The molecule has 2 heterocycles. The Kier molecular flexibility index (Phi) is 4.37. The van der Waals surface area contributed by atoms with Gasteiger partial charge >= 0.3 is 5.97 Å². The summed E-state index contributed by atoms with van der Waals surface area (Å²) in [4.78, 5) is 17.8. The highest BCUT2D eigenvalue weighted by atomic mass is 79.9. The maximum atomic E-state index is 11.2. The maximum absolute atomic E-state index is 11.2. The molecule has 0 spiro atoms. The van der Waals surface area contributed by atoms with E-state index in [0.29, 0.717) is 6.54 Å². The molecule has 0 saturated carbocycles. The molecule has 1 N–H and O–H groups in total. The van der Waals surface area contributed by atoms with Gasteiger partial charge in [0.2, 0.25) is 0 Å². The molecule has 0 unspecified atom stereocenters. The Hall–Kier alpha value is -1.24. The lowest BCUT2D eigenvalue weighted by Gasteiger charge is -2.19. The molecule has 1 aliphatic heterocycles. The van der Waals surface area contributed by atoms with E-state index in [2.05, 4.69) is 20.9 Å². The van der Waals surface area contributed by atoms with E-state index in [-0.39, 0.29) is 6.04 Å². The Morgan fingerprint density at radius 3 is 2.90 bits per heavy atom. The number of aromatic nitrogens is 1. The molecule has 21 heavy (non-hydrogen) atoms. The Balaban J connectivity index is 1.73. The van der Waals surface area contributed by atoms with Gasteiger partial charge in [0, 0.05) is 22.0 Å². The number of benzene rings is 1. The maximum Gasteiger partial charge on any atom is 0.320 e. The summed E-state index contributed by atoms with van der Waals surface area (Å²) in [7, 11) is 0. The topological polar surface area (TPSA) is 53.4 Å². The van der Waals surface area contributed by atoms with Gasteiger partial charge < -0.3 is 5.11 Å². The van der Waals surface area contributed by atoms with Crippen molar-refractivity contribution >= 4 is 33.2 Å². The summed E-state index contributed by atoms with van der Waals surface area (Å²) >= 11 is 5.02. The number of halogens is 1. The molecular formula is C15H15BrN2O2S. The van der Waals surface area contributed by atoms with Crippen LogP contribution in [-0.4, -0.2) is 33.5 Å². The number of hydrogen-bond donors (Lipinski definition) is 1. The summed E-state index contributed by atoms with van der Waals surface area (Å²) < 4.78 is 1.05. The Morgan fingerprint density at radius 2 is 2.19 bits per heavy atom. The van der Waals surface area contributed by atoms with Crippen molar-refractivity contribution in [1.82, 2.24) is 9.88 Å². The summed E-state index contributed by atoms with van der Waals surface area (Å²) in [6.45, 7) is 1.45. The zero-order valence-corrected chi connectivity index (χ0v) is 13.7. The third kappa shape index (κ3) is 3.33. The first kappa shape index (κ1) is 14.7. The first-order chi connectivity index (χ1) is 10.1. The Morgan fingerprint density at radius 1 is 1.43 bits per heavy atom. The van der Waals surface area contributed by atoms with Gasteiger partial charge in [-0.2, -0.15) is 0 Å². The summed E-state index contributed by atoms with van der Waals surface area (Å²) in [5.41, 5.74) is 2.04. The molecule has 1 aromatic carbocycles. The van der Waals surface area contributed by atoms with Gasteiger partial charge in [0.15, 0.2) is 0 Å². The van der Waals surface area contributed by atoms with Gasteiger partial charge in [-0.15, -0.1) is 11.3 Å². The van der Waals surface area contributed by atoms with E-state index in [0.717, 1.165) is 40.1 Å². The van der Waals surface area contributed by atoms with Crippen LogP contribution in [0.3, 0.4) is 0 Å². The molecular weight excluding hydrogens is 352 g/mol. The highest BCUT2D eigenvalue weighted by Crippen LogP contribution is 2.27. The van der Waals surface area contributed by atoms with Gasteiger partial charge in [0.05, 0.1) is 5.69 Å². The van der Waals surface area contributed by atoms with Crippen molar-refractivity contribution in [2.24, 2.45) is 0 Å². The SMILES string of the molecule is O=C(O)[C@@H]1CCCN1Cc1csc(-c2ccc(Br)cc2)n1. The van der Waals surface area contributed by atoms with E-state index in [9.17, 15) is 9.90 Å². The molecule has 0 radical (unpaired) electrons. The number of aliphatic carboxylic acids is 1. The van der Waals surface area contributed by atoms with E-state index in [4.69, 9.17) is 0 Å². The summed E-state index contributed by atoms with van der Waals surface area (Å²) in [5, 5.41) is 12.2. The van der Waals surface area contributed by atoms with Crippen LogP contribution in [-0.2, 0) is 11.3 Å². The van der Waals surface area contributed by atoms with E-state index < -0.39 is 5.97 Å². The number of rotatable bonds is 4. The average molecular weight is 367 g/mol. The fourth-order valence-electron chi connectivity index (χ4n) is 2.61. The number of carbonyl (C=O) groups is 1. The molecule has 110 valence electrons. The second-order valence-corrected chi connectivity index (χ2v) is 6.89. The van der Waals surface area contributed by atoms with Crippen LogP contribution in [0.2, 0.25) is 0 Å². The van der Waals surface area contributed by atoms with Crippen LogP contribution in [0, 0.1) is 0 Å². The van der Waals surface area contributed by atoms with Gasteiger partial charge in [0.25, 0.3) is 0 Å². The van der Waals surface area contributed by atoms with Crippen molar-refractivity contribution in [3.8, 4) is 10.6 Å². The monoisotopic (exact) mass is 366 g/mol. The van der Waals surface area contributed by atoms with Crippen LogP contribution < -0.4 is 0 Å². The third-order valence-electron chi connectivity index (χ3n) is 3.66. The van der Waals surface area contributed by atoms with Crippen LogP contribution >= 0.6 is 27.3 Å². The standard InChI is InChI=1S/C15H15BrN2O2S/c16-11-5-3-10(4-6-11)14-17-12(9-21-14)8-18-7-1-2-13(18)15(19)20/h3-6,9,13H,1-2,7-8H2,(H,19,20)/t13-/m0/s1. The molecule has 0 bridgehead atoms. The van der Waals surface area contributed by atoms with Crippen molar-refractivity contribution in [2.45, 2.75) is 25.4 Å². The number of hydrogen-bond acceptors (Lipinski definition) is 4. The molecule has 1 atom stereocenters. The van der Waals surface area contributed by atoms with Crippen molar-refractivity contribution < 1.29 is 9.90 Å². The predicted molar refractivity (Wildman–Crippen MR) is 86.3 cm³/mol. The molecule has 1 aliphatic rings. The van der Waals surface area contributed by atoms with Crippen LogP contribution in [0.1, 0.15) is 18.5 Å². The minimum absolute atomic E-state index is 0.358. The van der Waals surface area contributed by atoms with Gasteiger partial charge in [-0.05, 0) is 31.5 Å². The van der Waals surface area contributed by atoms with Crippen LogP contribution in [0.4, 0.5) is 0 Å². The van der Waals surface area contributed by atoms with Crippen molar-refractivity contribution in [3.63, 3.8) is 0 Å². The van der Waals surface area contributed by atoms with Gasteiger partial charge in [-0.1, -0.05) is 28.1 Å². The minimum atomic E-state index is -0.726. The largest absolute Gasteiger partial charge is 0.480 e. The molecule has 1 aromatic heterocycles. The van der Waals surface area contributed by atoms with E-state index in [1.165, 1.54) is 0 Å². The Bertz CT molecular complexity index is 641. The number of carboxylic acid groups (broad SMARTS) is 1. The molecule has 1 saturated heterocycles. The molecule has 6 heteroatoms. The van der Waals surface area contributed by atoms with Crippen molar-refractivity contribution in [2.75, 3.05) is 6.54 Å². The second kappa shape index (κ2) is 6.25. The molecule has 2 aromatic rings. The van der Waals surface area contributed by atoms with E-state index >= 15 is 0 Å². The smallest absolute Gasteiger partial charge is 0.320 e. The lowest BCUT2D eigenvalue weighted by Crippen LogP contribution is -2.35. The number of nitrogens with zero attached hydrogens (tertiary/aromatic N) is 2. The van der Waals surface area contributed by atoms with Crippen LogP contribution in [0.5, 0.6) is 0 Å². The highest BCUT2D eigenvalue weighted by molar-refractivity contribution is 9.10. The molecule has 4 nitrogen and oxygen atoms in total.